The molecule has 0 aromatic carbocycles. The van der Waals surface area contributed by atoms with E-state index < -0.39 is 0 Å². The average Bonchev–Trinajstić information content (AvgIpc) is 2.29. The minimum absolute atomic E-state index is 0.138. The van der Waals surface area contributed by atoms with Crippen molar-refractivity contribution in [3.8, 4) is 0 Å². The molecule has 5 nitrogen and oxygen atoms in total. The lowest BCUT2D eigenvalue weighted by Gasteiger charge is -2.27. The summed E-state index contributed by atoms with van der Waals surface area (Å²) in [5.41, 5.74) is 0. The van der Waals surface area contributed by atoms with E-state index in [1.165, 1.54) is 0 Å². The van der Waals surface area contributed by atoms with Gasteiger partial charge in [-0.1, -0.05) is 0 Å². The van der Waals surface area contributed by atoms with Gasteiger partial charge in [-0.2, -0.15) is 0 Å². The van der Waals surface area contributed by atoms with E-state index in [0.29, 0.717) is 26.2 Å². The molecule has 0 radical (unpaired) electrons. The highest BCUT2D eigenvalue weighted by Gasteiger charge is 2.17. The van der Waals surface area contributed by atoms with E-state index >= 15 is 0 Å². The monoisotopic (exact) mass is 247 g/mol. The highest BCUT2D eigenvalue weighted by atomic mass is 16.5. The number of methoxy groups -OCH3 is 2. The highest BCUT2D eigenvalue weighted by molar-refractivity contribution is 5.70. The van der Waals surface area contributed by atoms with E-state index in [2.05, 4.69) is 4.90 Å². The summed E-state index contributed by atoms with van der Waals surface area (Å²) < 4.78 is 15.1. The van der Waals surface area contributed by atoms with Gasteiger partial charge in [0, 0.05) is 33.4 Å². The topological polar surface area (TPSA) is 48.0 Å². The summed E-state index contributed by atoms with van der Waals surface area (Å²) in [5, 5.41) is 0. The van der Waals surface area contributed by atoms with Gasteiger partial charge in [-0.3, -0.25) is 9.69 Å². The Hall–Kier alpha value is -0.650. The Morgan fingerprint density at radius 3 is 2.12 bits per heavy atom. The van der Waals surface area contributed by atoms with Gasteiger partial charge in [-0.05, 0) is 13.8 Å². The van der Waals surface area contributed by atoms with Crippen LogP contribution in [0.25, 0.3) is 0 Å². The first-order chi connectivity index (χ1) is 8.15. The molecule has 5 heteroatoms. The van der Waals surface area contributed by atoms with Gasteiger partial charge >= 0.3 is 5.97 Å². The highest BCUT2D eigenvalue weighted by Crippen LogP contribution is 2.05. The molecule has 0 fully saturated rings. The molecule has 0 aliphatic carbocycles. The van der Waals surface area contributed by atoms with Crippen molar-refractivity contribution in [1.29, 1.82) is 0 Å². The normalized spacial score (nSPS) is 12.8. The molecule has 0 bridgehead atoms. The Kier molecular flexibility index (Phi) is 10.1. The number of hydrogen-bond acceptors (Lipinski definition) is 5. The minimum atomic E-state index is -0.153. The first-order valence-electron chi connectivity index (χ1n) is 6.03. The van der Waals surface area contributed by atoms with Crippen LogP contribution in [-0.2, 0) is 19.0 Å². The maximum absolute atomic E-state index is 11.4. The molecule has 0 N–H and O–H groups in total. The standard InChI is InChI=1S/C12H25NO4/c1-5-17-12(14)10-11(2)13(6-8-15-3)7-9-16-4/h11H,5-10H2,1-4H3. The zero-order valence-corrected chi connectivity index (χ0v) is 11.4. The lowest BCUT2D eigenvalue weighted by Crippen LogP contribution is -2.39. The van der Waals surface area contributed by atoms with E-state index in [-0.39, 0.29) is 12.0 Å². The zero-order chi connectivity index (χ0) is 13.1. The predicted molar refractivity (Wildman–Crippen MR) is 66.0 cm³/mol. The predicted octanol–water partition coefficient (Wildman–Crippen LogP) is 0.923. The van der Waals surface area contributed by atoms with Crippen LogP contribution in [0, 0.1) is 0 Å². The van der Waals surface area contributed by atoms with Gasteiger partial charge in [0.25, 0.3) is 0 Å². The second kappa shape index (κ2) is 10.5. The molecule has 0 aromatic rings. The van der Waals surface area contributed by atoms with Crippen molar-refractivity contribution in [3.63, 3.8) is 0 Å². The average molecular weight is 247 g/mol. The van der Waals surface area contributed by atoms with Crippen LogP contribution >= 0.6 is 0 Å². The smallest absolute Gasteiger partial charge is 0.307 e. The summed E-state index contributed by atoms with van der Waals surface area (Å²) in [6.45, 7) is 7.15. The van der Waals surface area contributed by atoms with Crippen LogP contribution in [0.5, 0.6) is 0 Å². The Balaban J connectivity index is 4.09. The fourth-order valence-corrected chi connectivity index (χ4v) is 1.56. The Morgan fingerprint density at radius 1 is 1.18 bits per heavy atom. The third kappa shape index (κ3) is 8.12. The van der Waals surface area contributed by atoms with Crippen LogP contribution in [0.3, 0.4) is 0 Å². The molecule has 0 spiro atoms. The van der Waals surface area contributed by atoms with Gasteiger partial charge < -0.3 is 14.2 Å². The number of rotatable bonds is 10. The lowest BCUT2D eigenvalue weighted by molar-refractivity contribution is -0.144. The van der Waals surface area contributed by atoms with Crippen LogP contribution in [-0.4, -0.2) is 64.0 Å². The van der Waals surface area contributed by atoms with Gasteiger partial charge in [0.15, 0.2) is 0 Å². The lowest BCUT2D eigenvalue weighted by atomic mass is 10.2. The molecular formula is C12H25NO4. The SMILES string of the molecule is CCOC(=O)CC(C)N(CCOC)CCOC. The number of nitrogens with zero attached hydrogens (tertiary/aromatic N) is 1. The van der Waals surface area contributed by atoms with E-state index in [0.717, 1.165) is 13.1 Å². The molecule has 17 heavy (non-hydrogen) atoms. The van der Waals surface area contributed by atoms with Crippen LogP contribution in [0.4, 0.5) is 0 Å². The molecule has 0 aromatic heterocycles. The summed E-state index contributed by atoms with van der Waals surface area (Å²) in [4.78, 5) is 13.6. The van der Waals surface area contributed by atoms with Crippen LogP contribution in [0.1, 0.15) is 20.3 Å². The molecule has 0 heterocycles. The number of carbonyl (C=O) groups excluding carboxylic acids is 1. The third-order valence-corrected chi connectivity index (χ3v) is 2.56. The Morgan fingerprint density at radius 2 is 1.71 bits per heavy atom. The summed E-state index contributed by atoms with van der Waals surface area (Å²) in [5.74, 6) is -0.153. The maximum atomic E-state index is 11.4. The second-order valence-corrected chi connectivity index (χ2v) is 3.88. The second-order valence-electron chi connectivity index (χ2n) is 3.88. The van der Waals surface area contributed by atoms with E-state index in [9.17, 15) is 4.79 Å². The molecule has 1 atom stereocenters. The Bertz CT molecular complexity index is 191. The summed E-state index contributed by atoms with van der Waals surface area (Å²) in [6, 6.07) is 0.138. The summed E-state index contributed by atoms with van der Waals surface area (Å²) in [6.07, 6.45) is 0.404. The number of carbonyl (C=O) groups is 1. The minimum Gasteiger partial charge on any atom is -0.466 e. The van der Waals surface area contributed by atoms with Crippen molar-refractivity contribution < 1.29 is 19.0 Å². The van der Waals surface area contributed by atoms with E-state index in [1.807, 2.05) is 13.8 Å². The maximum Gasteiger partial charge on any atom is 0.307 e. The molecule has 102 valence electrons. The van der Waals surface area contributed by atoms with Crippen molar-refractivity contribution in [1.82, 2.24) is 4.90 Å². The quantitative estimate of drug-likeness (QED) is 0.537. The summed E-state index contributed by atoms with van der Waals surface area (Å²) >= 11 is 0. The molecule has 0 amide bonds. The van der Waals surface area contributed by atoms with Gasteiger partial charge in [0.1, 0.15) is 0 Å². The van der Waals surface area contributed by atoms with E-state index in [4.69, 9.17) is 14.2 Å². The van der Waals surface area contributed by atoms with Crippen molar-refractivity contribution in [2.75, 3.05) is 47.1 Å². The molecule has 0 aliphatic rings. The summed E-state index contributed by atoms with van der Waals surface area (Å²) in [7, 11) is 3.34. The molecule has 0 rings (SSSR count). The zero-order valence-electron chi connectivity index (χ0n) is 11.4. The molecule has 1 unspecified atom stereocenters. The van der Waals surface area contributed by atoms with Gasteiger partial charge in [0.05, 0.1) is 26.2 Å². The molecular weight excluding hydrogens is 222 g/mol. The van der Waals surface area contributed by atoms with Crippen LogP contribution in [0.15, 0.2) is 0 Å². The molecule has 0 saturated heterocycles. The van der Waals surface area contributed by atoms with Crippen LogP contribution in [0.2, 0.25) is 0 Å². The van der Waals surface area contributed by atoms with Crippen LogP contribution < -0.4 is 0 Å². The fourth-order valence-electron chi connectivity index (χ4n) is 1.56. The van der Waals surface area contributed by atoms with Gasteiger partial charge in [-0.25, -0.2) is 0 Å². The largest absolute Gasteiger partial charge is 0.466 e. The van der Waals surface area contributed by atoms with Crippen molar-refractivity contribution in [3.05, 3.63) is 0 Å². The first-order valence-corrected chi connectivity index (χ1v) is 6.03. The van der Waals surface area contributed by atoms with Crippen molar-refractivity contribution >= 4 is 5.97 Å². The first kappa shape index (κ1) is 16.4. The van der Waals surface area contributed by atoms with Crippen molar-refractivity contribution in [2.24, 2.45) is 0 Å². The van der Waals surface area contributed by atoms with E-state index in [1.54, 1.807) is 14.2 Å². The fraction of sp³-hybridized carbons (Fsp3) is 0.917. The van der Waals surface area contributed by atoms with Crippen molar-refractivity contribution in [2.45, 2.75) is 26.3 Å². The molecule has 0 saturated carbocycles. The number of esters is 1. The third-order valence-electron chi connectivity index (χ3n) is 2.56. The van der Waals surface area contributed by atoms with Gasteiger partial charge in [-0.15, -0.1) is 0 Å². The number of hydrogen-bond donors (Lipinski definition) is 0. The number of ether oxygens (including phenoxy) is 3. The van der Waals surface area contributed by atoms with Gasteiger partial charge in [0.2, 0.25) is 0 Å². The Labute approximate surface area is 104 Å². The molecule has 0 aliphatic heterocycles.